The number of alkyl halides is 3. The summed E-state index contributed by atoms with van der Waals surface area (Å²) in [5, 5.41) is 0. The predicted octanol–water partition coefficient (Wildman–Crippen LogP) is 4.27. The first kappa shape index (κ1) is 15.5. The summed E-state index contributed by atoms with van der Waals surface area (Å²) in [4.78, 5) is 11.8. The highest BCUT2D eigenvalue weighted by molar-refractivity contribution is 5.77. The molecule has 2 unspecified atom stereocenters. The lowest BCUT2D eigenvalue weighted by Crippen LogP contribution is -2.43. The molecule has 2 nitrogen and oxygen atoms in total. The van der Waals surface area contributed by atoms with Crippen molar-refractivity contribution in [3.8, 4) is 0 Å². The summed E-state index contributed by atoms with van der Waals surface area (Å²) in [6.07, 6.45) is -5.67. The van der Waals surface area contributed by atoms with Gasteiger partial charge in [0.05, 0.1) is 0 Å². The largest absolute Gasteiger partial charge is 0.457 e. The summed E-state index contributed by atoms with van der Waals surface area (Å²) in [6, 6.07) is 8.67. The molecule has 0 N–H and O–H groups in total. The minimum Gasteiger partial charge on any atom is -0.457 e. The Balaban J connectivity index is 2.85. The molecular weight excluding hydrogens is 257 g/mol. The van der Waals surface area contributed by atoms with Crippen molar-refractivity contribution in [1.29, 1.82) is 0 Å². The lowest BCUT2D eigenvalue weighted by atomic mass is 9.87. The van der Waals surface area contributed by atoms with E-state index in [0.29, 0.717) is 5.56 Å². The number of halogens is 3. The third-order valence-corrected chi connectivity index (χ3v) is 3.34. The van der Waals surface area contributed by atoms with Crippen molar-refractivity contribution < 1.29 is 22.7 Å². The number of hydrogen-bond acceptors (Lipinski definition) is 2. The molecule has 1 aromatic carbocycles. The Morgan fingerprint density at radius 1 is 1.26 bits per heavy atom. The monoisotopic (exact) mass is 274 g/mol. The van der Waals surface area contributed by atoms with Gasteiger partial charge in [-0.15, -0.1) is 0 Å². The lowest BCUT2D eigenvalue weighted by molar-refractivity contribution is -0.233. The average Bonchev–Trinajstić information content (AvgIpc) is 2.37. The van der Waals surface area contributed by atoms with Gasteiger partial charge >= 0.3 is 12.1 Å². The molecule has 1 rings (SSSR count). The van der Waals surface area contributed by atoms with Gasteiger partial charge in [0.1, 0.15) is 6.10 Å². The number of ether oxygens (including phenoxy) is 1. The van der Waals surface area contributed by atoms with Crippen LogP contribution in [0.1, 0.15) is 38.9 Å². The van der Waals surface area contributed by atoms with Crippen molar-refractivity contribution >= 4 is 5.97 Å². The smallest absolute Gasteiger partial charge is 0.404 e. The molecular formula is C14H17F3O2. The van der Waals surface area contributed by atoms with Gasteiger partial charge in [0.2, 0.25) is 0 Å². The van der Waals surface area contributed by atoms with Gasteiger partial charge in [-0.2, -0.15) is 13.2 Å². The number of hydrogen-bond donors (Lipinski definition) is 0. The molecule has 0 aliphatic rings. The molecule has 0 heterocycles. The summed E-state index contributed by atoms with van der Waals surface area (Å²) in [5.41, 5.74) is -1.80. The molecule has 0 radical (unpaired) electrons. The van der Waals surface area contributed by atoms with E-state index in [1.165, 1.54) is 6.92 Å². The fourth-order valence-corrected chi connectivity index (χ4v) is 1.54. The molecule has 0 amide bonds. The number of carbonyl (C=O) groups excluding carboxylic acids is 1. The number of benzene rings is 1. The first-order valence-electron chi connectivity index (χ1n) is 6.05. The van der Waals surface area contributed by atoms with E-state index in [9.17, 15) is 18.0 Å². The van der Waals surface area contributed by atoms with Crippen LogP contribution < -0.4 is 0 Å². The third kappa shape index (κ3) is 3.28. The molecule has 0 saturated heterocycles. The van der Waals surface area contributed by atoms with Crippen molar-refractivity contribution in [2.24, 2.45) is 5.41 Å². The van der Waals surface area contributed by atoms with Gasteiger partial charge in [0, 0.05) is 0 Å². The summed E-state index contributed by atoms with van der Waals surface area (Å²) in [6.45, 7) is 3.74. The summed E-state index contributed by atoms with van der Waals surface area (Å²) in [7, 11) is 0. The number of esters is 1. The molecule has 0 aliphatic carbocycles. The van der Waals surface area contributed by atoms with Gasteiger partial charge in [-0.05, 0) is 25.8 Å². The SMILES string of the molecule is CCC(C)(C(=O)OC(C)c1ccccc1)C(F)(F)F. The van der Waals surface area contributed by atoms with Crippen LogP contribution in [0.15, 0.2) is 30.3 Å². The third-order valence-electron chi connectivity index (χ3n) is 3.34. The van der Waals surface area contributed by atoms with Gasteiger partial charge in [-0.3, -0.25) is 4.79 Å². The lowest BCUT2D eigenvalue weighted by Gasteiger charge is -2.29. The molecule has 0 aromatic heterocycles. The fourth-order valence-electron chi connectivity index (χ4n) is 1.54. The molecule has 106 valence electrons. The van der Waals surface area contributed by atoms with E-state index in [1.54, 1.807) is 37.3 Å². The Kier molecular flexibility index (Phi) is 4.61. The number of rotatable bonds is 4. The molecule has 2 atom stereocenters. The van der Waals surface area contributed by atoms with Crippen LogP contribution in [0.5, 0.6) is 0 Å². The zero-order valence-electron chi connectivity index (χ0n) is 11.1. The highest BCUT2D eigenvalue weighted by atomic mass is 19.4. The average molecular weight is 274 g/mol. The van der Waals surface area contributed by atoms with Crippen molar-refractivity contribution in [2.45, 2.75) is 39.5 Å². The Bertz CT molecular complexity index is 428. The molecule has 5 heteroatoms. The Morgan fingerprint density at radius 2 is 1.79 bits per heavy atom. The van der Waals surface area contributed by atoms with Crippen LogP contribution in [0.3, 0.4) is 0 Å². The van der Waals surface area contributed by atoms with Gasteiger partial charge < -0.3 is 4.74 Å². The van der Waals surface area contributed by atoms with Gasteiger partial charge in [-0.25, -0.2) is 0 Å². The number of carbonyl (C=O) groups is 1. The van der Waals surface area contributed by atoms with E-state index >= 15 is 0 Å². The van der Waals surface area contributed by atoms with Gasteiger partial charge in [0.25, 0.3) is 0 Å². The zero-order chi connectivity index (χ0) is 14.7. The quantitative estimate of drug-likeness (QED) is 0.766. The van der Waals surface area contributed by atoms with Gasteiger partial charge in [-0.1, -0.05) is 37.3 Å². The van der Waals surface area contributed by atoms with E-state index in [4.69, 9.17) is 4.74 Å². The summed E-state index contributed by atoms with van der Waals surface area (Å²) >= 11 is 0. The van der Waals surface area contributed by atoms with E-state index in [2.05, 4.69) is 0 Å². The van der Waals surface area contributed by atoms with Crippen LogP contribution in [-0.4, -0.2) is 12.1 Å². The van der Waals surface area contributed by atoms with E-state index in [0.717, 1.165) is 6.92 Å². The molecule has 0 spiro atoms. The van der Waals surface area contributed by atoms with Crippen LogP contribution >= 0.6 is 0 Å². The van der Waals surface area contributed by atoms with Crippen LogP contribution in [0, 0.1) is 5.41 Å². The standard InChI is InChI=1S/C14H17F3O2/c1-4-13(3,14(15,16)17)12(18)19-10(2)11-8-6-5-7-9-11/h5-10H,4H2,1-3H3. The van der Waals surface area contributed by atoms with Crippen LogP contribution in [0.4, 0.5) is 13.2 Å². The molecule has 0 aliphatic heterocycles. The molecule has 19 heavy (non-hydrogen) atoms. The van der Waals surface area contributed by atoms with Crippen LogP contribution in [0.25, 0.3) is 0 Å². The minimum atomic E-state index is -4.62. The Labute approximate surface area is 110 Å². The molecule has 0 bridgehead atoms. The fraction of sp³-hybridized carbons (Fsp3) is 0.500. The predicted molar refractivity (Wildman–Crippen MR) is 65.4 cm³/mol. The van der Waals surface area contributed by atoms with E-state index in [1.807, 2.05) is 0 Å². The van der Waals surface area contributed by atoms with Crippen LogP contribution in [-0.2, 0) is 9.53 Å². The normalized spacial score (nSPS) is 16.5. The summed E-state index contributed by atoms with van der Waals surface area (Å²) < 4.78 is 43.7. The Hall–Kier alpha value is -1.52. The van der Waals surface area contributed by atoms with E-state index < -0.39 is 23.7 Å². The van der Waals surface area contributed by atoms with Crippen LogP contribution in [0.2, 0.25) is 0 Å². The minimum absolute atomic E-state index is 0.350. The summed E-state index contributed by atoms with van der Waals surface area (Å²) in [5.74, 6) is -1.24. The second-order valence-electron chi connectivity index (χ2n) is 4.64. The Morgan fingerprint density at radius 3 is 2.21 bits per heavy atom. The second kappa shape index (κ2) is 5.63. The molecule has 1 aromatic rings. The second-order valence-corrected chi connectivity index (χ2v) is 4.64. The highest BCUT2D eigenvalue weighted by Crippen LogP contribution is 2.42. The maximum absolute atomic E-state index is 12.9. The first-order chi connectivity index (χ1) is 8.72. The van der Waals surface area contributed by atoms with Crippen molar-refractivity contribution in [3.05, 3.63) is 35.9 Å². The topological polar surface area (TPSA) is 26.3 Å². The highest BCUT2D eigenvalue weighted by Gasteiger charge is 2.56. The first-order valence-corrected chi connectivity index (χ1v) is 6.05. The maximum Gasteiger partial charge on any atom is 0.404 e. The zero-order valence-corrected chi connectivity index (χ0v) is 11.1. The molecule has 0 fully saturated rings. The molecule has 0 saturated carbocycles. The van der Waals surface area contributed by atoms with Crippen molar-refractivity contribution in [3.63, 3.8) is 0 Å². The van der Waals surface area contributed by atoms with Crippen molar-refractivity contribution in [2.75, 3.05) is 0 Å². The maximum atomic E-state index is 12.9. The van der Waals surface area contributed by atoms with Crippen molar-refractivity contribution in [1.82, 2.24) is 0 Å². The van der Waals surface area contributed by atoms with Gasteiger partial charge in [0.15, 0.2) is 5.41 Å². The van der Waals surface area contributed by atoms with E-state index in [-0.39, 0.29) is 6.42 Å².